The summed E-state index contributed by atoms with van der Waals surface area (Å²) in [5.74, 6) is -0.136. The van der Waals surface area contributed by atoms with Crippen LogP contribution in [0.1, 0.15) is 46.4 Å². The van der Waals surface area contributed by atoms with Crippen molar-refractivity contribution in [1.82, 2.24) is 14.3 Å². The maximum Gasteiger partial charge on any atom is 0.254 e. The number of benzene rings is 1. The number of nitrogens with zero attached hydrogens (tertiary/aromatic N) is 3. The minimum atomic E-state index is -0.627. The minimum absolute atomic E-state index is 0.210. The number of carbonyl (C=O) groups is 1. The number of aromatic nitrogens is 2. The van der Waals surface area contributed by atoms with Gasteiger partial charge in [-0.05, 0) is 71.1 Å². The lowest BCUT2D eigenvalue weighted by molar-refractivity contribution is 0.0778. The van der Waals surface area contributed by atoms with E-state index in [1.54, 1.807) is 31.1 Å². The van der Waals surface area contributed by atoms with Gasteiger partial charge >= 0.3 is 0 Å². The van der Waals surface area contributed by atoms with Gasteiger partial charge in [-0.3, -0.25) is 4.79 Å². The number of aryl methyl sites for hydroxylation is 1. The second-order valence-corrected chi connectivity index (χ2v) is 8.63. The van der Waals surface area contributed by atoms with Crippen molar-refractivity contribution in [3.05, 3.63) is 68.5 Å². The lowest BCUT2D eigenvalue weighted by Crippen LogP contribution is -2.28. The van der Waals surface area contributed by atoms with E-state index in [9.17, 15) is 9.18 Å². The van der Waals surface area contributed by atoms with Gasteiger partial charge in [0, 0.05) is 33.7 Å². The van der Waals surface area contributed by atoms with Crippen LogP contribution in [0.25, 0.3) is 0 Å². The van der Waals surface area contributed by atoms with Crippen LogP contribution in [0.3, 0.4) is 0 Å². The first-order valence-electron chi connectivity index (χ1n) is 9.35. The molecule has 2 N–H and O–H groups in total. The van der Waals surface area contributed by atoms with Crippen LogP contribution in [0.15, 0.2) is 41.0 Å². The van der Waals surface area contributed by atoms with Crippen LogP contribution in [0.4, 0.5) is 10.2 Å². The molecule has 9 heteroatoms. The molecule has 0 aliphatic rings. The van der Waals surface area contributed by atoms with E-state index < -0.39 is 11.9 Å². The van der Waals surface area contributed by atoms with E-state index in [1.165, 1.54) is 29.7 Å². The quantitative estimate of drug-likeness (QED) is 0.501. The van der Waals surface area contributed by atoms with Crippen LogP contribution in [0.5, 0.6) is 5.75 Å². The molecular weight excluding hydrogens is 471 g/mol. The van der Waals surface area contributed by atoms with Crippen LogP contribution in [0, 0.1) is 5.82 Å². The molecule has 1 aromatic carbocycles. The zero-order chi connectivity index (χ0) is 21.8. The van der Waals surface area contributed by atoms with Crippen molar-refractivity contribution in [2.45, 2.75) is 32.9 Å². The molecule has 0 spiro atoms. The molecule has 0 saturated carbocycles. The van der Waals surface area contributed by atoms with Gasteiger partial charge in [0.15, 0.2) is 11.6 Å². The summed E-state index contributed by atoms with van der Waals surface area (Å²) in [7, 11) is 1.70. The molecule has 3 aromatic rings. The lowest BCUT2D eigenvalue weighted by Gasteiger charge is -2.22. The maximum absolute atomic E-state index is 14.0. The third kappa shape index (κ3) is 5.14. The van der Waals surface area contributed by atoms with Gasteiger partial charge in [-0.15, -0.1) is 0 Å². The highest BCUT2D eigenvalue weighted by molar-refractivity contribution is 9.10. The van der Waals surface area contributed by atoms with Gasteiger partial charge in [0.2, 0.25) is 0 Å². The summed E-state index contributed by atoms with van der Waals surface area (Å²) in [6.45, 7) is 4.16. The van der Waals surface area contributed by atoms with E-state index >= 15 is 0 Å². The smallest absolute Gasteiger partial charge is 0.254 e. The summed E-state index contributed by atoms with van der Waals surface area (Å²) in [5.41, 5.74) is 7.50. The third-order valence-electron chi connectivity index (χ3n) is 4.54. The molecule has 0 fully saturated rings. The molecule has 0 aliphatic heterocycles. The number of nitrogens with two attached hydrogens (primary N) is 1. The lowest BCUT2D eigenvalue weighted by atomic mass is 10.0. The van der Waals surface area contributed by atoms with Gasteiger partial charge in [-0.1, -0.05) is 6.92 Å². The number of amides is 1. The monoisotopic (exact) mass is 492 g/mol. The van der Waals surface area contributed by atoms with Crippen LogP contribution >= 0.6 is 27.5 Å². The molecule has 158 valence electrons. The van der Waals surface area contributed by atoms with Crippen molar-refractivity contribution >= 4 is 39.2 Å². The predicted molar refractivity (Wildman–Crippen MR) is 119 cm³/mol. The summed E-state index contributed by atoms with van der Waals surface area (Å²) in [6.07, 6.45) is 1.83. The van der Waals surface area contributed by atoms with Crippen LogP contribution < -0.4 is 10.5 Å². The maximum atomic E-state index is 14.0. The standard InChI is InChI=1S/C21H22BrFN4O2S/c1-4-16-9-15(26-30-16)11-27(3)21(28)17-6-5-14(23)8-18(17)12(2)29-19-7-13(22)10-25-20(19)24/h5-10,12H,4,11H2,1-3H3,(H2,24,25)/t12-/m1/s1. The molecule has 0 unspecified atom stereocenters. The average molecular weight is 493 g/mol. The molecule has 3 rings (SSSR count). The number of ether oxygens (including phenoxy) is 1. The topological polar surface area (TPSA) is 81.3 Å². The first-order chi connectivity index (χ1) is 14.3. The first kappa shape index (κ1) is 22.2. The Morgan fingerprint density at radius 1 is 1.37 bits per heavy atom. The Morgan fingerprint density at radius 2 is 2.13 bits per heavy atom. The van der Waals surface area contributed by atoms with E-state index in [-0.39, 0.29) is 11.7 Å². The minimum Gasteiger partial charge on any atom is -0.482 e. The number of anilines is 1. The Hall–Kier alpha value is -2.52. The second kappa shape index (κ2) is 9.53. The zero-order valence-corrected chi connectivity index (χ0v) is 19.3. The van der Waals surface area contributed by atoms with Gasteiger partial charge in [-0.25, -0.2) is 9.37 Å². The van der Waals surface area contributed by atoms with Crippen molar-refractivity contribution < 1.29 is 13.9 Å². The fraction of sp³-hybridized carbons (Fsp3) is 0.286. The van der Waals surface area contributed by atoms with Crippen LogP contribution in [-0.4, -0.2) is 27.2 Å². The van der Waals surface area contributed by atoms with Crippen molar-refractivity contribution in [1.29, 1.82) is 0 Å². The van der Waals surface area contributed by atoms with Crippen molar-refractivity contribution in [3.63, 3.8) is 0 Å². The highest BCUT2D eigenvalue weighted by Crippen LogP contribution is 2.30. The van der Waals surface area contributed by atoms with E-state index in [0.29, 0.717) is 27.9 Å². The predicted octanol–water partition coefficient (Wildman–Crippen LogP) is 5.00. The highest BCUT2D eigenvalue weighted by Gasteiger charge is 2.22. The molecule has 0 radical (unpaired) electrons. The number of halogens is 2. The molecule has 2 aromatic heterocycles. The summed E-state index contributed by atoms with van der Waals surface area (Å²) >= 11 is 4.76. The SMILES string of the molecule is CCc1cc(CN(C)C(=O)c2ccc(F)cc2[C@@H](C)Oc2cc(Br)cnc2N)ns1. The summed E-state index contributed by atoms with van der Waals surface area (Å²) < 4.78 is 25.0. The normalized spacial score (nSPS) is 11.9. The van der Waals surface area contributed by atoms with E-state index in [2.05, 4.69) is 32.2 Å². The van der Waals surface area contributed by atoms with E-state index in [1.807, 2.05) is 6.07 Å². The van der Waals surface area contributed by atoms with Gasteiger partial charge < -0.3 is 15.4 Å². The second-order valence-electron chi connectivity index (χ2n) is 6.83. The Labute approximate surface area is 187 Å². The molecule has 0 saturated heterocycles. The molecule has 0 aliphatic carbocycles. The third-order valence-corrected chi connectivity index (χ3v) is 5.94. The fourth-order valence-corrected chi connectivity index (χ4v) is 3.93. The summed E-state index contributed by atoms with van der Waals surface area (Å²) in [6, 6.07) is 7.73. The molecule has 0 bridgehead atoms. The largest absolute Gasteiger partial charge is 0.482 e. The van der Waals surface area contributed by atoms with Gasteiger partial charge in [0.1, 0.15) is 11.9 Å². The van der Waals surface area contributed by atoms with Gasteiger partial charge in [0.05, 0.1) is 12.2 Å². The van der Waals surface area contributed by atoms with E-state index in [4.69, 9.17) is 10.5 Å². The molecule has 6 nitrogen and oxygen atoms in total. The molecule has 1 amide bonds. The summed E-state index contributed by atoms with van der Waals surface area (Å²) in [5, 5.41) is 0. The number of rotatable bonds is 7. The molecule has 1 atom stereocenters. The average Bonchev–Trinajstić information content (AvgIpc) is 3.17. The Morgan fingerprint density at radius 3 is 2.83 bits per heavy atom. The van der Waals surface area contributed by atoms with Crippen LogP contribution in [0.2, 0.25) is 0 Å². The van der Waals surface area contributed by atoms with Crippen molar-refractivity contribution in [2.75, 3.05) is 12.8 Å². The van der Waals surface area contributed by atoms with Gasteiger partial charge in [-0.2, -0.15) is 4.37 Å². The number of hydrogen-bond donors (Lipinski definition) is 1. The number of nitrogen functional groups attached to an aromatic ring is 1. The van der Waals surface area contributed by atoms with Crippen molar-refractivity contribution in [2.24, 2.45) is 0 Å². The van der Waals surface area contributed by atoms with Crippen molar-refractivity contribution in [3.8, 4) is 5.75 Å². The molecule has 2 heterocycles. The number of carbonyl (C=O) groups excluding carboxylic acids is 1. The molecule has 30 heavy (non-hydrogen) atoms. The van der Waals surface area contributed by atoms with E-state index in [0.717, 1.165) is 17.0 Å². The Balaban J connectivity index is 1.84. The number of hydrogen-bond acceptors (Lipinski definition) is 6. The Bertz CT molecular complexity index is 1060. The Kier molecular flexibility index (Phi) is 7.04. The van der Waals surface area contributed by atoms with Crippen LogP contribution in [-0.2, 0) is 13.0 Å². The fourth-order valence-electron chi connectivity index (χ4n) is 2.96. The highest BCUT2D eigenvalue weighted by atomic mass is 79.9. The zero-order valence-electron chi connectivity index (χ0n) is 16.9. The molecular formula is C21H22BrFN4O2S. The van der Waals surface area contributed by atoms with Gasteiger partial charge in [0.25, 0.3) is 5.91 Å². The first-order valence-corrected chi connectivity index (χ1v) is 10.9. The summed E-state index contributed by atoms with van der Waals surface area (Å²) in [4.78, 5) is 19.9. The number of pyridine rings is 1.